The third-order valence-corrected chi connectivity index (χ3v) is 3.59. The molecule has 0 saturated heterocycles. The molecule has 1 aromatic carbocycles. The molecule has 0 unspecified atom stereocenters. The van der Waals surface area contributed by atoms with Gasteiger partial charge in [0.2, 0.25) is 0 Å². The zero-order valence-corrected chi connectivity index (χ0v) is 13.8. The predicted molar refractivity (Wildman–Crippen MR) is 87.7 cm³/mol. The molecule has 0 spiro atoms. The van der Waals surface area contributed by atoms with Crippen LogP contribution in [0.3, 0.4) is 0 Å². The van der Waals surface area contributed by atoms with Gasteiger partial charge < -0.3 is 15.7 Å². The number of hydrogen-bond acceptors (Lipinski definition) is 3. The van der Waals surface area contributed by atoms with Crippen molar-refractivity contribution in [3.05, 3.63) is 29.3 Å². The maximum absolute atomic E-state index is 11.9. The molecule has 3 N–H and O–H groups in total. The fourth-order valence-electron chi connectivity index (χ4n) is 1.98. The van der Waals surface area contributed by atoms with E-state index < -0.39 is 11.8 Å². The van der Waals surface area contributed by atoms with Crippen molar-refractivity contribution >= 4 is 17.5 Å². The van der Waals surface area contributed by atoms with Crippen molar-refractivity contribution in [1.29, 1.82) is 0 Å². The first kappa shape index (κ1) is 18.2. The summed E-state index contributed by atoms with van der Waals surface area (Å²) in [5.74, 6) is -1.29. The summed E-state index contributed by atoms with van der Waals surface area (Å²) < 4.78 is 0. The molecule has 0 saturated carbocycles. The Balaban J connectivity index is 2.43. The molecule has 2 amide bonds. The zero-order chi connectivity index (χ0) is 16.8. The number of carbonyl (C=O) groups is 2. The van der Waals surface area contributed by atoms with Crippen LogP contribution in [0.15, 0.2) is 18.2 Å². The van der Waals surface area contributed by atoms with Crippen LogP contribution in [0.1, 0.15) is 37.8 Å². The predicted octanol–water partition coefficient (Wildman–Crippen LogP) is 2.16. The number of benzene rings is 1. The summed E-state index contributed by atoms with van der Waals surface area (Å²) >= 11 is 0. The van der Waals surface area contributed by atoms with E-state index in [4.69, 9.17) is 5.11 Å². The zero-order valence-electron chi connectivity index (χ0n) is 13.8. The number of carbonyl (C=O) groups excluding carboxylic acids is 2. The van der Waals surface area contributed by atoms with E-state index >= 15 is 0 Å². The Bertz CT molecular complexity index is 539. The number of amides is 2. The minimum Gasteiger partial charge on any atom is -0.396 e. The molecule has 0 bridgehead atoms. The molecule has 1 aromatic rings. The van der Waals surface area contributed by atoms with Crippen LogP contribution in [0.2, 0.25) is 0 Å². The first-order valence-electron chi connectivity index (χ1n) is 7.52. The van der Waals surface area contributed by atoms with Gasteiger partial charge in [-0.15, -0.1) is 0 Å². The normalized spacial score (nSPS) is 11.1. The van der Waals surface area contributed by atoms with Gasteiger partial charge in [0.1, 0.15) is 0 Å². The third-order valence-electron chi connectivity index (χ3n) is 3.59. The number of aryl methyl sites for hydroxylation is 2. The van der Waals surface area contributed by atoms with Crippen molar-refractivity contribution in [3.8, 4) is 0 Å². The second-order valence-corrected chi connectivity index (χ2v) is 6.45. The van der Waals surface area contributed by atoms with Crippen LogP contribution in [0.4, 0.5) is 5.69 Å². The summed E-state index contributed by atoms with van der Waals surface area (Å²) in [6, 6.07) is 5.69. The quantitative estimate of drug-likeness (QED) is 0.556. The molecule has 1 rings (SSSR count). The highest BCUT2D eigenvalue weighted by Crippen LogP contribution is 2.20. The van der Waals surface area contributed by atoms with Crippen LogP contribution in [0, 0.1) is 19.3 Å². The van der Waals surface area contributed by atoms with E-state index in [1.54, 1.807) is 0 Å². The number of anilines is 1. The van der Waals surface area contributed by atoms with Crippen molar-refractivity contribution in [2.24, 2.45) is 5.41 Å². The average molecular weight is 306 g/mol. The molecular weight excluding hydrogens is 280 g/mol. The summed E-state index contributed by atoms with van der Waals surface area (Å²) in [4.78, 5) is 23.6. The standard InChI is InChI=1S/C17H26N2O3/c1-12-6-7-13(2)14(10-12)19-16(22)15(21)18-9-5-8-17(3,4)11-20/h6-7,10,20H,5,8-9,11H2,1-4H3,(H,18,21)(H,19,22). The maximum Gasteiger partial charge on any atom is 0.313 e. The minimum absolute atomic E-state index is 0.105. The summed E-state index contributed by atoms with van der Waals surface area (Å²) in [7, 11) is 0. The average Bonchev–Trinajstić information content (AvgIpc) is 2.47. The van der Waals surface area contributed by atoms with Gasteiger partial charge in [-0.1, -0.05) is 26.0 Å². The molecule has 5 heteroatoms. The second-order valence-electron chi connectivity index (χ2n) is 6.45. The van der Waals surface area contributed by atoms with E-state index in [0.29, 0.717) is 12.2 Å². The Morgan fingerprint density at radius 2 is 1.86 bits per heavy atom. The lowest BCUT2D eigenvalue weighted by Gasteiger charge is -2.21. The Morgan fingerprint density at radius 1 is 1.18 bits per heavy atom. The number of aliphatic hydroxyl groups excluding tert-OH is 1. The molecule has 5 nitrogen and oxygen atoms in total. The van der Waals surface area contributed by atoms with Gasteiger partial charge in [-0.3, -0.25) is 9.59 Å². The van der Waals surface area contributed by atoms with Gasteiger partial charge in [0.15, 0.2) is 0 Å². The lowest BCUT2D eigenvalue weighted by atomic mass is 9.89. The molecule has 0 radical (unpaired) electrons. The van der Waals surface area contributed by atoms with Crippen LogP contribution in [-0.4, -0.2) is 30.1 Å². The lowest BCUT2D eigenvalue weighted by Crippen LogP contribution is -2.36. The first-order valence-corrected chi connectivity index (χ1v) is 7.52. The number of hydrogen-bond donors (Lipinski definition) is 3. The fourth-order valence-corrected chi connectivity index (χ4v) is 1.98. The van der Waals surface area contributed by atoms with Crippen LogP contribution in [0.25, 0.3) is 0 Å². The molecule has 0 aliphatic heterocycles. The van der Waals surface area contributed by atoms with E-state index in [1.807, 2.05) is 45.9 Å². The van der Waals surface area contributed by atoms with Gasteiger partial charge in [-0.25, -0.2) is 0 Å². The molecule has 0 heterocycles. The molecule has 0 atom stereocenters. The third kappa shape index (κ3) is 5.85. The molecule has 22 heavy (non-hydrogen) atoms. The van der Waals surface area contributed by atoms with Gasteiger partial charge in [0.05, 0.1) is 0 Å². The van der Waals surface area contributed by atoms with Gasteiger partial charge in [-0.05, 0) is 49.3 Å². The van der Waals surface area contributed by atoms with E-state index in [9.17, 15) is 9.59 Å². The highest BCUT2D eigenvalue weighted by atomic mass is 16.3. The van der Waals surface area contributed by atoms with Gasteiger partial charge in [0, 0.05) is 18.8 Å². The molecule has 122 valence electrons. The van der Waals surface area contributed by atoms with Gasteiger partial charge in [-0.2, -0.15) is 0 Å². The summed E-state index contributed by atoms with van der Waals surface area (Å²) in [6.07, 6.45) is 1.50. The topological polar surface area (TPSA) is 78.4 Å². The van der Waals surface area contributed by atoms with Gasteiger partial charge in [0.25, 0.3) is 0 Å². The van der Waals surface area contributed by atoms with E-state index in [0.717, 1.165) is 24.0 Å². The van der Waals surface area contributed by atoms with E-state index in [2.05, 4.69) is 10.6 Å². The molecule has 0 aliphatic carbocycles. The van der Waals surface area contributed by atoms with Gasteiger partial charge >= 0.3 is 11.8 Å². The van der Waals surface area contributed by atoms with E-state index in [1.165, 1.54) is 0 Å². The van der Waals surface area contributed by atoms with Crippen LogP contribution >= 0.6 is 0 Å². The Kier molecular flexibility index (Phi) is 6.56. The first-order chi connectivity index (χ1) is 10.2. The smallest absolute Gasteiger partial charge is 0.313 e. The highest BCUT2D eigenvalue weighted by Gasteiger charge is 2.17. The number of aliphatic hydroxyl groups is 1. The summed E-state index contributed by atoms with van der Waals surface area (Å²) in [5.41, 5.74) is 2.43. The van der Waals surface area contributed by atoms with Crippen molar-refractivity contribution in [2.75, 3.05) is 18.5 Å². The summed E-state index contributed by atoms with van der Waals surface area (Å²) in [5, 5.41) is 14.4. The van der Waals surface area contributed by atoms with E-state index in [-0.39, 0.29) is 12.0 Å². The van der Waals surface area contributed by atoms with Crippen LogP contribution in [-0.2, 0) is 9.59 Å². The molecule has 0 aliphatic rings. The Morgan fingerprint density at radius 3 is 2.50 bits per heavy atom. The molecular formula is C17H26N2O3. The number of nitrogens with one attached hydrogen (secondary N) is 2. The fraction of sp³-hybridized carbons (Fsp3) is 0.529. The summed E-state index contributed by atoms with van der Waals surface area (Å²) in [6.45, 7) is 8.25. The largest absolute Gasteiger partial charge is 0.396 e. The van der Waals surface area contributed by atoms with Crippen molar-refractivity contribution in [3.63, 3.8) is 0 Å². The number of rotatable bonds is 6. The maximum atomic E-state index is 11.9. The highest BCUT2D eigenvalue weighted by molar-refractivity contribution is 6.39. The van der Waals surface area contributed by atoms with Crippen molar-refractivity contribution < 1.29 is 14.7 Å². The van der Waals surface area contributed by atoms with Crippen LogP contribution in [0.5, 0.6) is 0 Å². The molecule has 0 aromatic heterocycles. The minimum atomic E-state index is -0.657. The second kappa shape index (κ2) is 7.94. The Labute approximate surface area is 132 Å². The Hall–Kier alpha value is -1.88. The van der Waals surface area contributed by atoms with Crippen molar-refractivity contribution in [2.45, 2.75) is 40.5 Å². The lowest BCUT2D eigenvalue weighted by molar-refractivity contribution is -0.136. The van der Waals surface area contributed by atoms with Crippen LogP contribution < -0.4 is 10.6 Å². The monoisotopic (exact) mass is 306 g/mol. The molecule has 0 fully saturated rings. The van der Waals surface area contributed by atoms with Crippen molar-refractivity contribution in [1.82, 2.24) is 5.32 Å². The SMILES string of the molecule is Cc1ccc(C)c(NC(=O)C(=O)NCCCC(C)(C)CO)c1.